The van der Waals surface area contributed by atoms with Crippen LogP contribution in [-0.2, 0) is 4.74 Å². The molecule has 2 aliphatic rings. The second kappa shape index (κ2) is 6.58. The molecular weight excluding hydrogens is 200 g/mol. The van der Waals surface area contributed by atoms with E-state index >= 15 is 0 Å². The largest absolute Gasteiger partial charge is 0.379 e. The summed E-state index contributed by atoms with van der Waals surface area (Å²) in [5, 5.41) is 0. The number of hydrogen-bond donors (Lipinski definition) is 0. The average Bonchev–Trinajstić information content (AvgIpc) is 2.33. The summed E-state index contributed by atoms with van der Waals surface area (Å²) in [5.41, 5.74) is 0. The second-order valence-electron chi connectivity index (χ2n) is 5.34. The zero-order valence-corrected chi connectivity index (χ0v) is 10.7. The summed E-state index contributed by atoms with van der Waals surface area (Å²) in [7, 11) is 2.24. The van der Waals surface area contributed by atoms with Gasteiger partial charge in [-0.15, -0.1) is 0 Å². The van der Waals surface area contributed by atoms with Gasteiger partial charge in [-0.1, -0.05) is 0 Å². The monoisotopic (exact) mass is 226 g/mol. The van der Waals surface area contributed by atoms with Gasteiger partial charge in [0, 0.05) is 13.1 Å². The van der Waals surface area contributed by atoms with E-state index in [1.165, 1.54) is 45.3 Å². The summed E-state index contributed by atoms with van der Waals surface area (Å²) in [6.07, 6.45) is 5.65. The van der Waals surface area contributed by atoms with Crippen molar-refractivity contribution in [2.24, 2.45) is 5.92 Å². The molecule has 2 rings (SSSR count). The van der Waals surface area contributed by atoms with Crippen molar-refractivity contribution in [2.45, 2.75) is 25.7 Å². The fourth-order valence-electron chi connectivity index (χ4n) is 2.78. The lowest BCUT2D eigenvalue weighted by Gasteiger charge is -2.30. The molecule has 94 valence electrons. The van der Waals surface area contributed by atoms with Gasteiger partial charge in [0.1, 0.15) is 0 Å². The van der Waals surface area contributed by atoms with Crippen LogP contribution in [0.4, 0.5) is 0 Å². The third kappa shape index (κ3) is 4.04. The first-order valence-electron chi connectivity index (χ1n) is 6.83. The smallest absolute Gasteiger partial charge is 0.0594 e. The minimum Gasteiger partial charge on any atom is -0.379 e. The van der Waals surface area contributed by atoms with Crippen LogP contribution in [0.3, 0.4) is 0 Å². The summed E-state index contributed by atoms with van der Waals surface area (Å²) < 4.78 is 5.36. The van der Waals surface area contributed by atoms with E-state index in [-0.39, 0.29) is 0 Å². The summed E-state index contributed by atoms with van der Waals surface area (Å²) in [5.74, 6) is 0.997. The molecule has 0 bridgehead atoms. The number of rotatable bonds is 4. The van der Waals surface area contributed by atoms with Gasteiger partial charge in [0.25, 0.3) is 0 Å². The molecule has 0 spiro atoms. The topological polar surface area (TPSA) is 15.7 Å². The molecule has 0 N–H and O–H groups in total. The fraction of sp³-hybridized carbons (Fsp3) is 1.00. The molecule has 0 aliphatic carbocycles. The van der Waals surface area contributed by atoms with Crippen molar-refractivity contribution in [3.63, 3.8) is 0 Å². The van der Waals surface area contributed by atoms with Crippen molar-refractivity contribution in [2.75, 3.05) is 53.0 Å². The van der Waals surface area contributed by atoms with Crippen LogP contribution in [0.15, 0.2) is 0 Å². The standard InChI is InChI=1S/C13H26N2O/c1-14-7-4-13(5-8-14)3-2-6-15-9-11-16-12-10-15/h13H,2-12H2,1H3. The molecule has 2 saturated heterocycles. The van der Waals surface area contributed by atoms with Gasteiger partial charge in [0.2, 0.25) is 0 Å². The predicted octanol–water partition coefficient (Wildman–Crippen LogP) is 1.44. The number of piperidine rings is 1. The van der Waals surface area contributed by atoms with E-state index in [4.69, 9.17) is 4.74 Å². The maximum Gasteiger partial charge on any atom is 0.0594 e. The third-order valence-electron chi connectivity index (χ3n) is 4.03. The molecule has 0 radical (unpaired) electrons. The third-order valence-corrected chi connectivity index (χ3v) is 4.03. The zero-order valence-electron chi connectivity index (χ0n) is 10.7. The molecule has 0 unspecified atom stereocenters. The van der Waals surface area contributed by atoms with Crippen molar-refractivity contribution in [3.05, 3.63) is 0 Å². The molecule has 3 nitrogen and oxygen atoms in total. The molecule has 0 atom stereocenters. The lowest BCUT2D eigenvalue weighted by molar-refractivity contribution is 0.0362. The maximum atomic E-state index is 5.36. The minimum atomic E-state index is 0.939. The first-order chi connectivity index (χ1) is 7.84. The number of hydrogen-bond acceptors (Lipinski definition) is 3. The maximum absolute atomic E-state index is 5.36. The number of ether oxygens (including phenoxy) is 1. The second-order valence-corrected chi connectivity index (χ2v) is 5.34. The SMILES string of the molecule is CN1CCC(CCCN2CCOCC2)CC1. The van der Waals surface area contributed by atoms with E-state index < -0.39 is 0 Å². The highest BCUT2D eigenvalue weighted by Gasteiger charge is 2.17. The van der Waals surface area contributed by atoms with Crippen LogP contribution in [0, 0.1) is 5.92 Å². The molecule has 0 saturated carbocycles. The van der Waals surface area contributed by atoms with Gasteiger partial charge in [0.15, 0.2) is 0 Å². The zero-order chi connectivity index (χ0) is 11.2. The molecule has 2 heterocycles. The van der Waals surface area contributed by atoms with Crippen LogP contribution < -0.4 is 0 Å². The van der Waals surface area contributed by atoms with E-state index in [1.54, 1.807) is 0 Å². The predicted molar refractivity (Wildman–Crippen MR) is 66.7 cm³/mol. The quantitative estimate of drug-likeness (QED) is 0.721. The summed E-state index contributed by atoms with van der Waals surface area (Å²) in [6, 6.07) is 0. The van der Waals surface area contributed by atoms with Crippen molar-refractivity contribution >= 4 is 0 Å². The van der Waals surface area contributed by atoms with E-state index in [1.807, 2.05) is 0 Å². The fourth-order valence-corrected chi connectivity index (χ4v) is 2.78. The Hall–Kier alpha value is -0.120. The highest BCUT2D eigenvalue weighted by atomic mass is 16.5. The van der Waals surface area contributed by atoms with Gasteiger partial charge < -0.3 is 9.64 Å². The van der Waals surface area contributed by atoms with Crippen molar-refractivity contribution in [1.29, 1.82) is 0 Å². The Morgan fingerprint density at radius 1 is 1.06 bits per heavy atom. The average molecular weight is 226 g/mol. The van der Waals surface area contributed by atoms with Crippen LogP contribution >= 0.6 is 0 Å². The summed E-state index contributed by atoms with van der Waals surface area (Å²) in [4.78, 5) is 5.01. The Kier molecular flexibility index (Phi) is 5.07. The van der Waals surface area contributed by atoms with Crippen molar-refractivity contribution in [3.8, 4) is 0 Å². The highest BCUT2D eigenvalue weighted by Crippen LogP contribution is 2.21. The number of morpholine rings is 1. The Morgan fingerprint density at radius 3 is 2.44 bits per heavy atom. The van der Waals surface area contributed by atoms with Gasteiger partial charge in [-0.2, -0.15) is 0 Å². The Balaban J connectivity index is 1.53. The Labute approximate surface area is 99.7 Å². The van der Waals surface area contributed by atoms with Crippen LogP contribution in [-0.4, -0.2) is 62.8 Å². The normalized spacial score (nSPS) is 26.1. The van der Waals surface area contributed by atoms with Crippen LogP contribution in [0.25, 0.3) is 0 Å². The number of nitrogens with zero attached hydrogens (tertiary/aromatic N) is 2. The summed E-state index contributed by atoms with van der Waals surface area (Å²) >= 11 is 0. The molecule has 2 fully saturated rings. The van der Waals surface area contributed by atoms with E-state index in [2.05, 4.69) is 16.8 Å². The van der Waals surface area contributed by atoms with E-state index in [0.717, 1.165) is 32.2 Å². The van der Waals surface area contributed by atoms with E-state index in [0.29, 0.717) is 0 Å². The first-order valence-corrected chi connectivity index (χ1v) is 6.83. The lowest BCUT2D eigenvalue weighted by atomic mass is 9.92. The van der Waals surface area contributed by atoms with Crippen LogP contribution in [0.1, 0.15) is 25.7 Å². The molecule has 16 heavy (non-hydrogen) atoms. The van der Waals surface area contributed by atoms with Gasteiger partial charge in [-0.3, -0.25) is 4.90 Å². The van der Waals surface area contributed by atoms with E-state index in [9.17, 15) is 0 Å². The number of likely N-dealkylation sites (tertiary alicyclic amines) is 1. The molecular formula is C13H26N2O. The molecule has 2 aliphatic heterocycles. The molecule has 0 aromatic rings. The van der Waals surface area contributed by atoms with Crippen molar-refractivity contribution < 1.29 is 4.74 Å². The Bertz CT molecular complexity index is 184. The van der Waals surface area contributed by atoms with Crippen molar-refractivity contribution in [1.82, 2.24) is 9.80 Å². The Morgan fingerprint density at radius 2 is 1.75 bits per heavy atom. The molecule has 3 heteroatoms. The van der Waals surface area contributed by atoms with Gasteiger partial charge in [-0.25, -0.2) is 0 Å². The highest BCUT2D eigenvalue weighted by molar-refractivity contribution is 4.71. The van der Waals surface area contributed by atoms with Crippen LogP contribution in [0.2, 0.25) is 0 Å². The first kappa shape index (κ1) is 12.3. The van der Waals surface area contributed by atoms with Crippen LogP contribution in [0.5, 0.6) is 0 Å². The van der Waals surface area contributed by atoms with Gasteiger partial charge in [0.05, 0.1) is 13.2 Å². The van der Waals surface area contributed by atoms with Gasteiger partial charge >= 0.3 is 0 Å². The minimum absolute atomic E-state index is 0.939. The molecule has 0 aromatic heterocycles. The summed E-state index contributed by atoms with van der Waals surface area (Å²) in [6.45, 7) is 8.07. The molecule has 0 amide bonds. The molecule has 0 aromatic carbocycles. The van der Waals surface area contributed by atoms with Gasteiger partial charge in [-0.05, 0) is 58.3 Å². The lowest BCUT2D eigenvalue weighted by Crippen LogP contribution is -2.37.